The zero-order chi connectivity index (χ0) is 13.9. The minimum absolute atomic E-state index is 0.444. The maximum atomic E-state index is 8.91. The standard InChI is InChI=1S/C16H14ClNO2/c17-15-4-2-1-3-12(15)10-20-13-6-7-14-11(9-13)5-8-16(14)18-19/h1-4,6-7,9,19H,5,8,10H2/b18-16-. The maximum Gasteiger partial charge on any atom is 0.120 e. The number of ether oxygens (including phenoxy) is 1. The van der Waals surface area contributed by atoms with Crippen molar-refractivity contribution in [3.05, 3.63) is 64.2 Å². The minimum Gasteiger partial charge on any atom is -0.489 e. The lowest BCUT2D eigenvalue weighted by molar-refractivity contribution is 0.306. The number of rotatable bonds is 3. The highest BCUT2D eigenvalue weighted by atomic mass is 35.5. The highest BCUT2D eigenvalue weighted by Gasteiger charge is 2.18. The summed E-state index contributed by atoms with van der Waals surface area (Å²) in [6.45, 7) is 0.444. The van der Waals surface area contributed by atoms with Gasteiger partial charge < -0.3 is 9.94 Å². The lowest BCUT2D eigenvalue weighted by Crippen LogP contribution is -1.98. The van der Waals surface area contributed by atoms with Crippen LogP contribution in [0.2, 0.25) is 5.02 Å². The first-order valence-electron chi connectivity index (χ1n) is 6.48. The van der Waals surface area contributed by atoms with Crippen molar-refractivity contribution in [2.45, 2.75) is 19.4 Å². The van der Waals surface area contributed by atoms with Gasteiger partial charge in [0.15, 0.2) is 0 Å². The second kappa shape index (κ2) is 5.55. The van der Waals surface area contributed by atoms with Crippen molar-refractivity contribution in [1.29, 1.82) is 0 Å². The van der Waals surface area contributed by atoms with Gasteiger partial charge in [-0.05, 0) is 42.7 Å². The van der Waals surface area contributed by atoms with Crippen LogP contribution in [0.5, 0.6) is 5.75 Å². The molecule has 0 saturated heterocycles. The van der Waals surface area contributed by atoms with E-state index in [0.29, 0.717) is 11.6 Å². The molecule has 3 rings (SSSR count). The molecule has 102 valence electrons. The molecule has 0 radical (unpaired) electrons. The average molecular weight is 288 g/mol. The number of fused-ring (bicyclic) bond motifs is 1. The average Bonchev–Trinajstić information content (AvgIpc) is 2.88. The van der Waals surface area contributed by atoms with Crippen LogP contribution in [0.15, 0.2) is 47.6 Å². The molecule has 1 aliphatic rings. The van der Waals surface area contributed by atoms with E-state index in [4.69, 9.17) is 21.5 Å². The van der Waals surface area contributed by atoms with Crippen molar-refractivity contribution in [2.24, 2.45) is 5.16 Å². The van der Waals surface area contributed by atoms with Gasteiger partial charge >= 0.3 is 0 Å². The molecule has 2 aromatic rings. The molecule has 0 fully saturated rings. The summed E-state index contributed by atoms with van der Waals surface area (Å²) in [6.07, 6.45) is 1.66. The predicted octanol–water partition coefficient (Wildman–Crippen LogP) is 4.04. The number of hydrogen-bond acceptors (Lipinski definition) is 3. The van der Waals surface area contributed by atoms with Gasteiger partial charge in [0.2, 0.25) is 0 Å². The molecular formula is C16H14ClNO2. The Morgan fingerprint density at radius 1 is 1.15 bits per heavy atom. The summed E-state index contributed by atoms with van der Waals surface area (Å²) in [6, 6.07) is 13.5. The molecule has 0 aliphatic heterocycles. The van der Waals surface area contributed by atoms with Gasteiger partial charge in [0, 0.05) is 16.1 Å². The Morgan fingerprint density at radius 2 is 2.00 bits per heavy atom. The highest BCUT2D eigenvalue weighted by molar-refractivity contribution is 6.31. The molecule has 0 aromatic heterocycles. The van der Waals surface area contributed by atoms with Crippen molar-refractivity contribution < 1.29 is 9.94 Å². The van der Waals surface area contributed by atoms with Crippen LogP contribution in [0.1, 0.15) is 23.1 Å². The SMILES string of the molecule is O/N=C1/CCc2cc(OCc3ccccc3Cl)ccc21. The normalized spacial score (nSPS) is 15.3. The van der Waals surface area contributed by atoms with E-state index in [0.717, 1.165) is 41.0 Å². The van der Waals surface area contributed by atoms with Crippen LogP contribution in [0.4, 0.5) is 0 Å². The van der Waals surface area contributed by atoms with Crippen molar-refractivity contribution in [2.75, 3.05) is 0 Å². The third-order valence-electron chi connectivity index (χ3n) is 3.49. The van der Waals surface area contributed by atoms with Crippen LogP contribution in [0, 0.1) is 0 Å². The Labute approximate surface area is 122 Å². The van der Waals surface area contributed by atoms with E-state index in [9.17, 15) is 0 Å². The van der Waals surface area contributed by atoms with Crippen molar-refractivity contribution in [3.63, 3.8) is 0 Å². The van der Waals surface area contributed by atoms with E-state index in [1.807, 2.05) is 42.5 Å². The molecule has 0 bridgehead atoms. The zero-order valence-corrected chi connectivity index (χ0v) is 11.6. The van der Waals surface area contributed by atoms with Crippen LogP contribution in [0.3, 0.4) is 0 Å². The third kappa shape index (κ3) is 2.49. The topological polar surface area (TPSA) is 41.8 Å². The van der Waals surface area contributed by atoms with Gasteiger partial charge in [-0.15, -0.1) is 0 Å². The molecule has 2 aromatic carbocycles. The quantitative estimate of drug-likeness (QED) is 0.684. The zero-order valence-electron chi connectivity index (χ0n) is 10.8. The summed E-state index contributed by atoms with van der Waals surface area (Å²) in [5.74, 6) is 0.808. The highest BCUT2D eigenvalue weighted by Crippen LogP contribution is 2.27. The largest absolute Gasteiger partial charge is 0.489 e. The van der Waals surface area contributed by atoms with E-state index in [2.05, 4.69) is 5.16 Å². The molecule has 0 atom stereocenters. The Bertz CT molecular complexity index is 667. The maximum absolute atomic E-state index is 8.91. The van der Waals surface area contributed by atoms with Crippen LogP contribution in [0.25, 0.3) is 0 Å². The van der Waals surface area contributed by atoms with Crippen LogP contribution < -0.4 is 4.74 Å². The molecule has 0 saturated carbocycles. The molecular weight excluding hydrogens is 274 g/mol. The van der Waals surface area contributed by atoms with Gasteiger partial charge in [-0.3, -0.25) is 0 Å². The van der Waals surface area contributed by atoms with E-state index in [-0.39, 0.29) is 0 Å². The van der Waals surface area contributed by atoms with E-state index < -0.39 is 0 Å². The lowest BCUT2D eigenvalue weighted by atomic mass is 10.1. The number of halogens is 1. The molecule has 3 nitrogen and oxygen atoms in total. The molecule has 4 heteroatoms. The van der Waals surface area contributed by atoms with Crippen molar-refractivity contribution in [1.82, 2.24) is 0 Å². The Kier molecular flexibility index (Phi) is 3.61. The van der Waals surface area contributed by atoms with Gasteiger partial charge in [-0.25, -0.2) is 0 Å². The summed E-state index contributed by atoms with van der Waals surface area (Å²) in [5.41, 5.74) is 3.89. The molecule has 0 spiro atoms. The molecule has 0 heterocycles. The fraction of sp³-hybridized carbons (Fsp3) is 0.188. The summed E-state index contributed by atoms with van der Waals surface area (Å²) < 4.78 is 5.78. The van der Waals surface area contributed by atoms with Crippen molar-refractivity contribution in [3.8, 4) is 5.75 Å². The Hall–Kier alpha value is -2.00. The minimum atomic E-state index is 0.444. The number of oxime groups is 1. The number of aryl methyl sites for hydroxylation is 1. The molecule has 0 amide bonds. The van der Waals surface area contributed by atoms with E-state index in [1.165, 1.54) is 0 Å². The molecule has 1 N–H and O–H groups in total. The first-order valence-corrected chi connectivity index (χ1v) is 6.86. The van der Waals surface area contributed by atoms with E-state index >= 15 is 0 Å². The predicted molar refractivity (Wildman–Crippen MR) is 78.9 cm³/mol. The summed E-state index contributed by atoms with van der Waals surface area (Å²) >= 11 is 6.10. The fourth-order valence-corrected chi connectivity index (χ4v) is 2.61. The van der Waals surface area contributed by atoms with E-state index in [1.54, 1.807) is 0 Å². The molecule has 1 aliphatic carbocycles. The lowest BCUT2D eigenvalue weighted by Gasteiger charge is -2.09. The van der Waals surface area contributed by atoms with Gasteiger partial charge in [-0.2, -0.15) is 0 Å². The fourth-order valence-electron chi connectivity index (χ4n) is 2.42. The van der Waals surface area contributed by atoms with Gasteiger partial charge in [0.25, 0.3) is 0 Å². The first-order chi connectivity index (χ1) is 9.78. The summed E-state index contributed by atoms with van der Waals surface area (Å²) in [7, 11) is 0. The van der Waals surface area contributed by atoms with Crippen LogP contribution in [-0.4, -0.2) is 10.9 Å². The Morgan fingerprint density at radius 3 is 2.80 bits per heavy atom. The summed E-state index contributed by atoms with van der Waals surface area (Å²) in [5, 5.41) is 12.9. The molecule has 20 heavy (non-hydrogen) atoms. The second-order valence-corrected chi connectivity index (χ2v) is 5.15. The Balaban J connectivity index is 1.75. The van der Waals surface area contributed by atoms with Crippen LogP contribution >= 0.6 is 11.6 Å². The third-order valence-corrected chi connectivity index (χ3v) is 3.86. The van der Waals surface area contributed by atoms with Gasteiger partial charge in [0.05, 0.1) is 5.71 Å². The van der Waals surface area contributed by atoms with Gasteiger partial charge in [-0.1, -0.05) is 35.0 Å². The number of benzene rings is 2. The summed E-state index contributed by atoms with van der Waals surface area (Å²) in [4.78, 5) is 0. The smallest absolute Gasteiger partial charge is 0.120 e. The first kappa shape index (κ1) is 13.0. The monoisotopic (exact) mass is 287 g/mol. The van der Waals surface area contributed by atoms with Gasteiger partial charge in [0.1, 0.15) is 12.4 Å². The number of nitrogens with zero attached hydrogens (tertiary/aromatic N) is 1. The number of hydrogen-bond donors (Lipinski definition) is 1. The van der Waals surface area contributed by atoms with Crippen molar-refractivity contribution >= 4 is 17.3 Å². The van der Waals surface area contributed by atoms with Crippen LogP contribution in [-0.2, 0) is 13.0 Å². The second-order valence-electron chi connectivity index (χ2n) is 4.75. The molecule has 0 unspecified atom stereocenters.